The molecule has 0 radical (unpaired) electrons. The maximum Gasteiger partial charge on any atom is 0.417 e. The molecule has 0 bridgehead atoms. The van der Waals surface area contributed by atoms with E-state index in [9.17, 15) is 17.6 Å². The van der Waals surface area contributed by atoms with Gasteiger partial charge in [-0.05, 0) is 18.2 Å². The van der Waals surface area contributed by atoms with Gasteiger partial charge in [-0.3, -0.25) is 0 Å². The highest BCUT2D eigenvalue weighted by Gasteiger charge is 2.34. The van der Waals surface area contributed by atoms with Crippen molar-refractivity contribution in [3.63, 3.8) is 0 Å². The predicted octanol–water partition coefficient (Wildman–Crippen LogP) is 3.35. The quantitative estimate of drug-likeness (QED) is 0.698. The molecular formula is C9H6F4O. The lowest BCUT2D eigenvalue weighted by molar-refractivity contribution is -0.137. The monoisotopic (exact) mass is 206 g/mol. The van der Waals surface area contributed by atoms with Crippen LogP contribution in [0.4, 0.5) is 17.6 Å². The van der Waals surface area contributed by atoms with Crippen LogP contribution in [0.15, 0.2) is 24.8 Å². The summed E-state index contributed by atoms with van der Waals surface area (Å²) in [5, 5.41) is 8.83. The van der Waals surface area contributed by atoms with E-state index in [1.54, 1.807) is 0 Å². The number of rotatable bonds is 1. The summed E-state index contributed by atoms with van der Waals surface area (Å²) in [7, 11) is 0. The van der Waals surface area contributed by atoms with Crippen molar-refractivity contribution < 1.29 is 22.7 Å². The molecule has 0 unspecified atom stereocenters. The van der Waals surface area contributed by atoms with Crippen molar-refractivity contribution in [3.8, 4) is 5.75 Å². The summed E-state index contributed by atoms with van der Waals surface area (Å²) >= 11 is 0. The summed E-state index contributed by atoms with van der Waals surface area (Å²) in [4.78, 5) is 0. The minimum Gasteiger partial charge on any atom is -0.508 e. The molecule has 0 aromatic heterocycles. The van der Waals surface area contributed by atoms with Crippen molar-refractivity contribution >= 4 is 5.83 Å². The molecule has 14 heavy (non-hydrogen) atoms. The molecule has 76 valence electrons. The molecule has 0 amide bonds. The molecule has 1 nitrogen and oxygen atoms in total. The molecule has 0 aliphatic carbocycles. The van der Waals surface area contributed by atoms with Gasteiger partial charge in [0.15, 0.2) is 0 Å². The molecule has 0 heterocycles. The third-order valence-corrected chi connectivity index (χ3v) is 1.60. The van der Waals surface area contributed by atoms with Gasteiger partial charge in [0.1, 0.15) is 11.6 Å². The highest BCUT2D eigenvalue weighted by molar-refractivity contribution is 5.62. The van der Waals surface area contributed by atoms with Crippen molar-refractivity contribution in [2.75, 3.05) is 0 Å². The number of aromatic hydroxyl groups is 1. The van der Waals surface area contributed by atoms with Gasteiger partial charge in [-0.2, -0.15) is 13.2 Å². The molecule has 0 fully saturated rings. The summed E-state index contributed by atoms with van der Waals surface area (Å²) in [5.41, 5.74) is -1.89. The van der Waals surface area contributed by atoms with Gasteiger partial charge in [-0.1, -0.05) is 6.58 Å². The van der Waals surface area contributed by atoms with Gasteiger partial charge < -0.3 is 5.11 Å². The largest absolute Gasteiger partial charge is 0.508 e. The van der Waals surface area contributed by atoms with Crippen LogP contribution >= 0.6 is 0 Å². The van der Waals surface area contributed by atoms with Crippen molar-refractivity contribution in [3.05, 3.63) is 35.9 Å². The molecule has 1 rings (SSSR count). The number of halogens is 4. The third-order valence-electron chi connectivity index (χ3n) is 1.60. The molecular weight excluding hydrogens is 200 g/mol. The van der Waals surface area contributed by atoms with Gasteiger partial charge in [-0.25, -0.2) is 4.39 Å². The first-order chi connectivity index (χ1) is 6.32. The standard InChI is InChI=1S/C9H6F4O/c1-5(10)7-3-2-6(14)4-8(7)9(11,12)13/h2-4,14H,1H2. The Hall–Kier alpha value is -1.52. The summed E-state index contributed by atoms with van der Waals surface area (Å²) in [6, 6.07) is 2.26. The average molecular weight is 206 g/mol. The fourth-order valence-electron chi connectivity index (χ4n) is 1.00. The molecule has 5 heteroatoms. The number of phenols is 1. The maximum atomic E-state index is 12.6. The van der Waals surface area contributed by atoms with Crippen LogP contribution in [0.1, 0.15) is 11.1 Å². The first-order valence-corrected chi connectivity index (χ1v) is 3.57. The fraction of sp³-hybridized carbons (Fsp3) is 0.111. The Labute approximate surface area is 77.3 Å². The van der Waals surface area contributed by atoms with Crippen LogP contribution in [0.25, 0.3) is 5.83 Å². The van der Waals surface area contributed by atoms with Crippen molar-refractivity contribution in [2.45, 2.75) is 6.18 Å². The SMILES string of the molecule is C=C(F)c1ccc(O)cc1C(F)(F)F. The lowest BCUT2D eigenvalue weighted by Gasteiger charge is -2.11. The lowest BCUT2D eigenvalue weighted by Crippen LogP contribution is -2.07. The van der Waals surface area contributed by atoms with Gasteiger partial charge in [0.05, 0.1) is 5.56 Å². The van der Waals surface area contributed by atoms with Crippen LogP contribution in [0.3, 0.4) is 0 Å². The van der Waals surface area contributed by atoms with Gasteiger partial charge in [0, 0.05) is 5.56 Å². The Morgan fingerprint density at radius 3 is 2.29 bits per heavy atom. The van der Waals surface area contributed by atoms with Crippen molar-refractivity contribution in [1.82, 2.24) is 0 Å². The second-order valence-electron chi connectivity index (χ2n) is 2.63. The zero-order chi connectivity index (χ0) is 10.9. The van der Waals surface area contributed by atoms with Gasteiger partial charge in [-0.15, -0.1) is 0 Å². The molecule has 0 saturated carbocycles. The van der Waals surface area contributed by atoms with E-state index in [4.69, 9.17) is 5.11 Å². The Kier molecular flexibility index (Phi) is 2.51. The van der Waals surface area contributed by atoms with Gasteiger partial charge in [0.2, 0.25) is 0 Å². The Bertz CT molecular complexity index is 368. The van der Waals surface area contributed by atoms with E-state index in [2.05, 4.69) is 6.58 Å². The topological polar surface area (TPSA) is 20.2 Å². The normalized spacial score (nSPS) is 11.4. The minimum absolute atomic E-state index is 0.458. The van der Waals surface area contributed by atoms with E-state index in [0.29, 0.717) is 6.07 Å². The number of benzene rings is 1. The first-order valence-electron chi connectivity index (χ1n) is 3.57. The number of phenolic OH excluding ortho intramolecular Hbond substituents is 1. The van der Waals surface area contributed by atoms with Crippen LogP contribution in [0.2, 0.25) is 0 Å². The predicted molar refractivity (Wildman–Crippen MR) is 43.3 cm³/mol. The number of hydrogen-bond donors (Lipinski definition) is 1. The second kappa shape index (κ2) is 3.32. The van der Waals surface area contributed by atoms with E-state index in [1.807, 2.05) is 0 Å². The van der Waals surface area contributed by atoms with E-state index in [0.717, 1.165) is 12.1 Å². The summed E-state index contributed by atoms with van der Waals surface area (Å²) in [6.45, 7) is 2.78. The smallest absolute Gasteiger partial charge is 0.417 e. The summed E-state index contributed by atoms with van der Waals surface area (Å²) in [6.07, 6.45) is -4.71. The number of alkyl halides is 3. The summed E-state index contributed by atoms with van der Waals surface area (Å²) < 4.78 is 49.4. The van der Waals surface area contributed by atoms with E-state index < -0.39 is 28.9 Å². The Morgan fingerprint density at radius 1 is 1.29 bits per heavy atom. The van der Waals surface area contributed by atoms with Crippen molar-refractivity contribution in [2.24, 2.45) is 0 Å². The lowest BCUT2D eigenvalue weighted by atomic mass is 10.1. The molecule has 1 N–H and O–H groups in total. The average Bonchev–Trinajstić information content (AvgIpc) is 2.01. The molecule has 0 saturated heterocycles. The van der Waals surface area contributed by atoms with Gasteiger partial charge >= 0.3 is 6.18 Å². The van der Waals surface area contributed by atoms with E-state index in [1.165, 1.54) is 0 Å². The van der Waals surface area contributed by atoms with Gasteiger partial charge in [0.25, 0.3) is 0 Å². The maximum absolute atomic E-state index is 12.6. The Balaban J connectivity index is 3.38. The molecule has 0 atom stereocenters. The molecule has 1 aromatic carbocycles. The van der Waals surface area contributed by atoms with E-state index >= 15 is 0 Å². The van der Waals surface area contributed by atoms with Crippen molar-refractivity contribution in [1.29, 1.82) is 0 Å². The van der Waals surface area contributed by atoms with Crippen LogP contribution in [0, 0.1) is 0 Å². The van der Waals surface area contributed by atoms with Crippen LogP contribution < -0.4 is 0 Å². The third kappa shape index (κ3) is 2.04. The van der Waals surface area contributed by atoms with Crippen LogP contribution in [0.5, 0.6) is 5.75 Å². The molecule has 0 aliphatic heterocycles. The second-order valence-corrected chi connectivity index (χ2v) is 2.63. The Morgan fingerprint density at radius 2 is 1.86 bits per heavy atom. The highest BCUT2D eigenvalue weighted by Crippen LogP contribution is 2.36. The zero-order valence-corrected chi connectivity index (χ0v) is 6.90. The minimum atomic E-state index is -4.71. The zero-order valence-electron chi connectivity index (χ0n) is 6.90. The van der Waals surface area contributed by atoms with Crippen LogP contribution in [-0.2, 0) is 6.18 Å². The summed E-state index contributed by atoms with van der Waals surface area (Å²) in [5.74, 6) is -1.75. The fourth-order valence-corrected chi connectivity index (χ4v) is 1.00. The first kappa shape index (κ1) is 10.6. The molecule has 0 aliphatic rings. The van der Waals surface area contributed by atoms with Crippen LogP contribution in [-0.4, -0.2) is 5.11 Å². The number of hydrogen-bond acceptors (Lipinski definition) is 1. The highest BCUT2D eigenvalue weighted by atomic mass is 19.4. The van der Waals surface area contributed by atoms with E-state index in [-0.39, 0.29) is 0 Å². The molecule has 0 spiro atoms. The molecule has 1 aromatic rings.